The number of hydrogen-bond acceptors (Lipinski definition) is 2. The fraction of sp³-hybridized carbons (Fsp3) is 0. The normalized spacial score (nSPS) is 10.1. The van der Waals surface area contributed by atoms with Crippen LogP contribution in [-0.4, -0.2) is 6.29 Å². The molecule has 3 heteroatoms. The van der Waals surface area contributed by atoms with E-state index in [9.17, 15) is 9.18 Å². The van der Waals surface area contributed by atoms with E-state index in [0.29, 0.717) is 23.0 Å². The highest BCUT2D eigenvalue weighted by atomic mass is 19.1. The second-order valence-corrected chi connectivity index (χ2v) is 2.87. The zero-order valence-corrected chi connectivity index (χ0v) is 7.24. The molecular weight excluding hydrogens is 183 g/mol. The summed E-state index contributed by atoms with van der Waals surface area (Å²) in [6.07, 6.45) is 3.55. The Morgan fingerprint density at radius 1 is 1.29 bits per heavy atom. The van der Waals surface area contributed by atoms with Crippen LogP contribution in [0.25, 0.3) is 11.1 Å². The number of halogens is 1. The summed E-state index contributed by atoms with van der Waals surface area (Å²) in [5, 5.41) is 0. The molecule has 0 atom stereocenters. The van der Waals surface area contributed by atoms with E-state index in [1.54, 1.807) is 18.2 Å². The minimum Gasteiger partial charge on any atom is -0.472 e. The molecule has 2 rings (SSSR count). The summed E-state index contributed by atoms with van der Waals surface area (Å²) in [5.41, 5.74) is 1.43. The highest BCUT2D eigenvalue weighted by Gasteiger charge is 2.06. The van der Waals surface area contributed by atoms with Crippen molar-refractivity contribution in [2.75, 3.05) is 0 Å². The van der Waals surface area contributed by atoms with Crippen LogP contribution >= 0.6 is 0 Å². The Bertz CT molecular complexity index is 446. The predicted molar refractivity (Wildman–Crippen MR) is 49.5 cm³/mol. The first-order chi connectivity index (χ1) is 6.81. The van der Waals surface area contributed by atoms with Crippen LogP contribution in [0.1, 0.15) is 10.4 Å². The van der Waals surface area contributed by atoms with E-state index >= 15 is 0 Å². The van der Waals surface area contributed by atoms with Gasteiger partial charge in [-0.2, -0.15) is 0 Å². The monoisotopic (exact) mass is 190 g/mol. The highest BCUT2D eigenvalue weighted by molar-refractivity contribution is 5.77. The third-order valence-electron chi connectivity index (χ3n) is 1.96. The van der Waals surface area contributed by atoms with Crippen molar-refractivity contribution in [3.8, 4) is 11.1 Å². The zero-order valence-electron chi connectivity index (χ0n) is 7.24. The van der Waals surface area contributed by atoms with Crippen LogP contribution in [0.4, 0.5) is 4.39 Å². The average Bonchev–Trinajstić information content (AvgIpc) is 2.70. The second-order valence-electron chi connectivity index (χ2n) is 2.87. The number of furan rings is 1. The zero-order chi connectivity index (χ0) is 9.97. The molecule has 0 bridgehead atoms. The molecular formula is C11H7FO2. The molecule has 1 aromatic carbocycles. The summed E-state index contributed by atoms with van der Waals surface area (Å²) < 4.78 is 18.2. The number of hydrogen-bond donors (Lipinski definition) is 0. The van der Waals surface area contributed by atoms with Crippen LogP contribution in [0.2, 0.25) is 0 Å². The lowest BCUT2D eigenvalue weighted by Crippen LogP contribution is -1.86. The van der Waals surface area contributed by atoms with Crippen LogP contribution < -0.4 is 0 Å². The van der Waals surface area contributed by atoms with E-state index in [-0.39, 0.29) is 0 Å². The average molecular weight is 190 g/mol. The lowest BCUT2D eigenvalue weighted by atomic mass is 10.1. The molecule has 0 aliphatic carbocycles. The van der Waals surface area contributed by atoms with Crippen molar-refractivity contribution >= 4 is 6.29 Å². The Hall–Kier alpha value is -1.90. The van der Waals surface area contributed by atoms with Crippen LogP contribution in [0, 0.1) is 5.82 Å². The van der Waals surface area contributed by atoms with Crippen molar-refractivity contribution in [1.29, 1.82) is 0 Å². The minimum absolute atomic E-state index is 0.328. The van der Waals surface area contributed by atoms with Crippen molar-refractivity contribution in [2.24, 2.45) is 0 Å². The first-order valence-corrected chi connectivity index (χ1v) is 4.08. The smallest absolute Gasteiger partial charge is 0.150 e. The van der Waals surface area contributed by atoms with Crippen molar-refractivity contribution in [1.82, 2.24) is 0 Å². The topological polar surface area (TPSA) is 30.2 Å². The first kappa shape index (κ1) is 8.69. The molecule has 2 nitrogen and oxygen atoms in total. The molecule has 0 saturated heterocycles. The largest absolute Gasteiger partial charge is 0.472 e. The van der Waals surface area contributed by atoms with Gasteiger partial charge in [-0.3, -0.25) is 4.79 Å². The lowest BCUT2D eigenvalue weighted by Gasteiger charge is -1.99. The molecule has 0 fully saturated rings. The second kappa shape index (κ2) is 3.46. The van der Waals surface area contributed by atoms with Crippen molar-refractivity contribution in [2.45, 2.75) is 0 Å². The van der Waals surface area contributed by atoms with Gasteiger partial charge in [0.05, 0.1) is 12.5 Å². The van der Waals surface area contributed by atoms with Gasteiger partial charge in [-0.25, -0.2) is 4.39 Å². The van der Waals surface area contributed by atoms with Gasteiger partial charge in [0.15, 0.2) is 0 Å². The first-order valence-electron chi connectivity index (χ1n) is 4.08. The van der Waals surface area contributed by atoms with Crippen LogP contribution in [0.5, 0.6) is 0 Å². The molecule has 2 aromatic rings. The van der Waals surface area contributed by atoms with Gasteiger partial charge in [-0.1, -0.05) is 12.1 Å². The van der Waals surface area contributed by atoms with Gasteiger partial charge in [0.2, 0.25) is 0 Å². The number of rotatable bonds is 2. The molecule has 0 amide bonds. The molecule has 0 spiro atoms. The van der Waals surface area contributed by atoms with Crippen LogP contribution in [0.15, 0.2) is 41.2 Å². The number of carbonyl (C=O) groups is 1. The van der Waals surface area contributed by atoms with E-state index in [1.807, 2.05) is 0 Å². The lowest BCUT2D eigenvalue weighted by molar-refractivity contribution is 0.112. The molecule has 1 aromatic heterocycles. The van der Waals surface area contributed by atoms with E-state index in [1.165, 1.54) is 18.6 Å². The van der Waals surface area contributed by atoms with Crippen molar-refractivity contribution < 1.29 is 13.6 Å². The fourth-order valence-electron chi connectivity index (χ4n) is 1.26. The van der Waals surface area contributed by atoms with Gasteiger partial charge in [0, 0.05) is 16.7 Å². The Labute approximate surface area is 80.0 Å². The summed E-state index contributed by atoms with van der Waals surface area (Å²) in [6.45, 7) is 0. The van der Waals surface area contributed by atoms with E-state index in [0.717, 1.165) is 0 Å². The van der Waals surface area contributed by atoms with Gasteiger partial charge in [-0.05, 0) is 12.1 Å². The molecule has 14 heavy (non-hydrogen) atoms. The van der Waals surface area contributed by atoms with Gasteiger partial charge in [0.25, 0.3) is 0 Å². The highest BCUT2D eigenvalue weighted by Crippen LogP contribution is 2.23. The van der Waals surface area contributed by atoms with Gasteiger partial charge < -0.3 is 4.42 Å². The third kappa shape index (κ3) is 1.44. The summed E-state index contributed by atoms with van der Waals surface area (Å²) >= 11 is 0. The molecule has 0 aliphatic rings. The molecule has 70 valence electrons. The summed E-state index contributed by atoms with van der Waals surface area (Å²) in [4.78, 5) is 10.4. The van der Waals surface area contributed by atoms with Gasteiger partial charge >= 0.3 is 0 Å². The minimum atomic E-state index is -0.420. The quantitative estimate of drug-likeness (QED) is 0.681. The molecule has 0 saturated carbocycles. The molecule has 0 N–H and O–H groups in total. The van der Waals surface area contributed by atoms with Crippen LogP contribution in [-0.2, 0) is 0 Å². The summed E-state index contributed by atoms with van der Waals surface area (Å²) in [5.74, 6) is -0.420. The van der Waals surface area contributed by atoms with E-state index in [2.05, 4.69) is 0 Å². The Balaban J connectivity index is 2.51. The van der Waals surface area contributed by atoms with Gasteiger partial charge in [-0.15, -0.1) is 0 Å². The maximum atomic E-state index is 13.4. The molecule has 0 radical (unpaired) electrons. The SMILES string of the molecule is O=Cc1ccc(-c2ccoc2)c(F)c1. The Morgan fingerprint density at radius 2 is 2.14 bits per heavy atom. The predicted octanol–water partition coefficient (Wildman–Crippen LogP) is 2.90. The Kier molecular flexibility index (Phi) is 2.14. The maximum absolute atomic E-state index is 13.4. The van der Waals surface area contributed by atoms with Gasteiger partial charge in [0.1, 0.15) is 12.1 Å². The van der Waals surface area contributed by atoms with E-state index in [4.69, 9.17) is 4.42 Å². The number of aldehydes is 1. The standard InChI is InChI=1S/C11H7FO2/c12-11-5-8(6-13)1-2-10(11)9-3-4-14-7-9/h1-7H. The third-order valence-corrected chi connectivity index (χ3v) is 1.96. The molecule has 1 heterocycles. The maximum Gasteiger partial charge on any atom is 0.150 e. The van der Waals surface area contributed by atoms with Crippen LogP contribution in [0.3, 0.4) is 0 Å². The Morgan fingerprint density at radius 3 is 2.71 bits per heavy atom. The number of carbonyl (C=O) groups excluding carboxylic acids is 1. The molecule has 0 unspecified atom stereocenters. The van der Waals surface area contributed by atoms with Crippen molar-refractivity contribution in [3.63, 3.8) is 0 Å². The summed E-state index contributed by atoms with van der Waals surface area (Å²) in [7, 11) is 0. The fourth-order valence-corrected chi connectivity index (χ4v) is 1.26. The number of benzene rings is 1. The van der Waals surface area contributed by atoms with Crippen molar-refractivity contribution in [3.05, 3.63) is 48.2 Å². The van der Waals surface area contributed by atoms with E-state index < -0.39 is 5.82 Å². The molecule has 0 aliphatic heterocycles. The summed E-state index contributed by atoms with van der Waals surface area (Å²) in [6, 6.07) is 6.00.